The minimum atomic E-state index is -4.21. The normalized spacial score (nSPS) is 16.9. The summed E-state index contributed by atoms with van der Waals surface area (Å²) in [4.78, 5) is 11.9. The molecule has 1 aliphatic rings. The highest BCUT2D eigenvalue weighted by Crippen LogP contribution is 2.22. The highest BCUT2D eigenvalue weighted by Gasteiger charge is 2.20. The fourth-order valence-electron chi connectivity index (χ4n) is 2.69. The van der Waals surface area contributed by atoms with Gasteiger partial charge in [0.25, 0.3) is 15.9 Å². The van der Waals surface area contributed by atoms with Gasteiger partial charge in [0, 0.05) is 18.7 Å². The molecule has 1 unspecified atom stereocenters. The molecule has 1 saturated heterocycles. The summed E-state index contributed by atoms with van der Waals surface area (Å²) in [6.07, 6.45) is 1.84. The lowest BCUT2D eigenvalue weighted by molar-refractivity contribution is 0.0857. The molecule has 0 saturated carbocycles. The van der Waals surface area contributed by atoms with E-state index in [0.717, 1.165) is 31.0 Å². The predicted molar refractivity (Wildman–Crippen MR) is 94.9 cm³/mol. The Labute approximate surface area is 155 Å². The summed E-state index contributed by atoms with van der Waals surface area (Å²) in [6.45, 7) is 1.07. The highest BCUT2D eigenvalue weighted by molar-refractivity contribution is 7.92. The molecule has 0 aliphatic carbocycles. The Morgan fingerprint density at radius 3 is 2.37 bits per heavy atom. The molecule has 3 rings (SSSR count). The Balaban J connectivity index is 1.69. The van der Waals surface area contributed by atoms with Crippen molar-refractivity contribution in [3.05, 3.63) is 59.7 Å². The Morgan fingerprint density at radius 2 is 1.78 bits per heavy atom. The van der Waals surface area contributed by atoms with Crippen molar-refractivity contribution < 1.29 is 26.7 Å². The van der Waals surface area contributed by atoms with Gasteiger partial charge in [-0.25, -0.2) is 17.2 Å². The summed E-state index contributed by atoms with van der Waals surface area (Å²) < 4.78 is 59.3. The molecule has 0 spiro atoms. The summed E-state index contributed by atoms with van der Waals surface area (Å²) >= 11 is 0. The van der Waals surface area contributed by atoms with Gasteiger partial charge in [0.2, 0.25) is 0 Å². The van der Waals surface area contributed by atoms with Crippen LogP contribution in [0, 0.1) is 11.6 Å². The fraction of sp³-hybridized carbons (Fsp3) is 0.278. The van der Waals surface area contributed by atoms with E-state index >= 15 is 0 Å². The van der Waals surface area contributed by atoms with Gasteiger partial charge in [-0.15, -0.1) is 0 Å². The van der Waals surface area contributed by atoms with Crippen molar-refractivity contribution in [2.45, 2.75) is 23.8 Å². The van der Waals surface area contributed by atoms with Crippen LogP contribution in [0.4, 0.5) is 14.5 Å². The maximum atomic E-state index is 13.6. The van der Waals surface area contributed by atoms with E-state index in [0.29, 0.717) is 13.2 Å². The van der Waals surface area contributed by atoms with E-state index < -0.39 is 27.3 Å². The fourth-order valence-corrected chi connectivity index (χ4v) is 3.76. The number of rotatable bonds is 6. The number of nitrogens with one attached hydrogen (secondary N) is 2. The van der Waals surface area contributed by atoms with E-state index in [2.05, 4.69) is 5.32 Å². The molecule has 1 amide bonds. The smallest absolute Gasteiger partial charge is 0.262 e. The van der Waals surface area contributed by atoms with Crippen LogP contribution in [0.25, 0.3) is 0 Å². The molecular formula is C18H18F2N2O4S. The molecule has 1 atom stereocenters. The lowest BCUT2D eigenvalue weighted by Gasteiger charge is -2.12. The maximum absolute atomic E-state index is 13.6. The second-order valence-corrected chi connectivity index (χ2v) is 7.75. The predicted octanol–water partition coefficient (Wildman–Crippen LogP) is 2.67. The van der Waals surface area contributed by atoms with Crippen LogP contribution in [0.5, 0.6) is 0 Å². The van der Waals surface area contributed by atoms with Gasteiger partial charge in [-0.3, -0.25) is 9.52 Å². The Bertz CT molecular complexity index is 907. The van der Waals surface area contributed by atoms with Crippen molar-refractivity contribution in [2.75, 3.05) is 17.9 Å². The first-order valence-corrected chi connectivity index (χ1v) is 9.82. The second-order valence-electron chi connectivity index (χ2n) is 6.07. The molecule has 27 heavy (non-hydrogen) atoms. The number of halogens is 2. The molecule has 2 aromatic carbocycles. The minimum absolute atomic E-state index is 0.00605. The van der Waals surface area contributed by atoms with E-state index in [1.165, 1.54) is 24.3 Å². The number of sulfonamides is 1. The van der Waals surface area contributed by atoms with Gasteiger partial charge < -0.3 is 10.1 Å². The van der Waals surface area contributed by atoms with Crippen LogP contribution in [-0.2, 0) is 14.8 Å². The minimum Gasteiger partial charge on any atom is -0.376 e. The Kier molecular flexibility index (Phi) is 5.71. The molecule has 1 heterocycles. The van der Waals surface area contributed by atoms with Gasteiger partial charge in [0.1, 0.15) is 17.3 Å². The molecule has 144 valence electrons. The zero-order valence-corrected chi connectivity index (χ0v) is 15.1. The van der Waals surface area contributed by atoms with Gasteiger partial charge in [-0.2, -0.15) is 0 Å². The maximum Gasteiger partial charge on any atom is 0.262 e. The molecule has 0 bridgehead atoms. The monoisotopic (exact) mass is 396 g/mol. The molecule has 0 aromatic heterocycles. The lowest BCUT2D eigenvalue weighted by atomic mass is 10.2. The second kappa shape index (κ2) is 8.01. The number of carbonyl (C=O) groups is 1. The van der Waals surface area contributed by atoms with Crippen LogP contribution in [0.15, 0.2) is 47.4 Å². The largest absolute Gasteiger partial charge is 0.376 e. The van der Waals surface area contributed by atoms with Crippen LogP contribution >= 0.6 is 0 Å². The summed E-state index contributed by atoms with van der Waals surface area (Å²) in [5.41, 5.74) is -0.486. The topological polar surface area (TPSA) is 84.5 Å². The van der Waals surface area contributed by atoms with E-state index in [9.17, 15) is 22.0 Å². The van der Waals surface area contributed by atoms with Crippen molar-refractivity contribution in [3.63, 3.8) is 0 Å². The van der Waals surface area contributed by atoms with Gasteiger partial charge in [-0.05, 0) is 49.2 Å². The molecule has 6 nitrogen and oxygen atoms in total. The number of anilines is 1. The lowest BCUT2D eigenvalue weighted by Crippen LogP contribution is -2.31. The van der Waals surface area contributed by atoms with Crippen LogP contribution < -0.4 is 10.0 Å². The summed E-state index contributed by atoms with van der Waals surface area (Å²) in [5, 5.41) is 2.73. The first-order chi connectivity index (χ1) is 12.9. The highest BCUT2D eigenvalue weighted by atomic mass is 32.2. The van der Waals surface area contributed by atoms with Crippen molar-refractivity contribution >= 4 is 21.6 Å². The van der Waals surface area contributed by atoms with Crippen molar-refractivity contribution in [1.29, 1.82) is 0 Å². The zero-order chi connectivity index (χ0) is 19.4. The third-order valence-corrected chi connectivity index (χ3v) is 5.51. The number of carbonyl (C=O) groups excluding carboxylic acids is 1. The number of benzene rings is 2. The number of hydrogen-bond acceptors (Lipinski definition) is 4. The third-order valence-electron chi connectivity index (χ3n) is 4.14. The molecule has 1 aliphatic heterocycles. The number of amides is 1. The first kappa shape index (κ1) is 19.2. The summed E-state index contributed by atoms with van der Waals surface area (Å²) in [7, 11) is -4.21. The van der Waals surface area contributed by atoms with Crippen molar-refractivity contribution in [1.82, 2.24) is 5.32 Å². The zero-order valence-electron chi connectivity index (χ0n) is 14.2. The average molecular weight is 396 g/mol. The van der Waals surface area contributed by atoms with Crippen LogP contribution in [0.2, 0.25) is 0 Å². The molecule has 0 radical (unpaired) electrons. The Morgan fingerprint density at radius 1 is 1.11 bits per heavy atom. The number of para-hydroxylation sites is 1. The molecule has 2 aromatic rings. The van der Waals surface area contributed by atoms with Crippen molar-refractivity contribution in [3.8, 4) is 0 Å². The first-order valence-electron chi connectivity index (χ1n) is 8.33. The van der Waals surface area contributed by atoms with Crippen LogP contribution in [0.3, 0.4) is 0 Å². The molecule has 9 heteroatoms. The van der Waals surface area contributed by atoms with E-state index in [1.54, 1.807) is 0 Å². The summed E-state index contributed by atoms with van der Waals surface area (Å²) in [6, 6.07) is 8.08. The van der Waals surface area contributed by atoms with Crippen LogP contribution in [0.1, 0.15) is 23.2 Å². The van der Waals surface area contributed by atoms with Gasteiger partial charge >= 0.3 is 0 Å². The SMILES string of the molecule is O=C(NCC1CCCO1)c1ccc(S(=O)(=O)Nc2c(F)cccc2F)cc1. The molecule has 2 N–H and O–H groups in total. The quantitative estimate of drug-likeness (QED) is 0.786. The van der Waals surface area contributed by atoms with E-state index in [4.69, 9.17) is 4.74 Å². The van der Waals surface area contributed by atoms with Crippen LogP contribution in [-0.4, -0.2) is 33.6 Å². The molecular weight excluding hydrogens is 378 g/mol. The standard InChI is InChI=1S/C18H18F2N2O4S/c19-15-4-1-5-16(20)17(15)22-27(24,25)14-8-6-12(7-9-14)18(23)21-11-13-3-2-10-26-13/h1,4-9,13,22H,2-3,10-11H2,(H,21,23). The van der Waals surface area contributed by atoms with Gasteiger partial charge in [-0.1, -0.05) is 6.07 Å². The Hall–Kier alpha value is -2.52. The molecule has 1 fully saturated rings. The van der Waals surface area contributed by atoms with E-state index in [1.807, 2.05) is 4.72 Å². The van der Waals surface area contributed by atoms with E-state index in [-0.39, 0.29) is 22.5 Å². The number of ether oxygens (including phenoxy) is 1. The van der Waals surface area contributed by atoms with Gasteiger partial charge in [0.15, 0.2) is 0 Å². The van der Waals surface area contributed by atoms with Gasteiger partial charge in [0.05, 0.1) is 11.0 Å². The number of hydrogen-bond donors (Lipinski definition) is 2. The average Bonchev–Trinajstić information content (AvgIpc) is 3.17. The summed E-state index contributed by atoms with van der Waals surface area (Å²) in [5.74, 6) is -2.41. The third kappa shape index (κ3) is 4.61. The van der Waals surface area contributed by atoms with Crippen molar-refractivity contribution in [2.24, 2.45) is 0 Å².